The van der Waals surface area contributed by atoms with E-state index in [4.69, 9.17) is 15.6 Å². The minimum absolute atomic E-state index is 0.0201. The van der Waals surface area contributed by atoms with Crippen LogP contribution in [-0.2, 0) is 0 Å². The molecule has 3 N–H and O–H groups in total. The fourth-order valence-electron chi connectivity index (χ4n) is 1.31. The van der Waals surface area contributed by atoms with Crippen LogP contribution in [0.3, 0.4) is 0 Å². The number of rotatable bonds is 4. The van der Waals surface area contributed by atoms with Gasteiger partial charge in [0.2, 0.25) is 0 Å². The molecular weight excluding hydrogens is 178 g/mol. The van der Waals surface area contributed by atoms with Crippen molar-refractivity contribution < 1.29 is 9.84 Å². The Kier molecular flexibility index (Phi) is 3.92. The minimum Gasteiger partial charge on any atom is -0.491 e. The van der Waals surface area contributed by atoms with E-state index in [1.54, 1.807) is 0 Å². The Bertz CT molecular complexity index is 297. The number of nitrogens with two attached hydrogens (primary N) is 1. The van der Waals surface area contributed by atoms with Gasteiger partial charge in [0.25, 0.3) is 0 Å². The summed E-state index contributed by atoms with van der Waals surface area (Å²) >= 11 is 0. The molecule has 1 aromatic rings. The molecule has 0 unspecified atom stereocenters. The predicted octanol–water partition coefficient (Wildman–Crippen LogP) is 1.39. The van der Waals surface area contributed by atoms with Crippen molar-refractivity contribution in [2.75, 3.05) is 13.2 Å². The van der Waals surface area contributed by atoms with Crippen molar-refractivity contribution in [1.82, 2.24) is 0 Å². The Labute approximate surface area is 84.5 Å². The Morgan fingerprint density at radius 1 is 1.50 bits per heavy atom. The molecule has 0 aliphatic heterocycles. The Morgan fingerprint density at radius 3 is 2.79 bits per heavy atom. The van der Waals surface area contributed by atoms with E-state index < -0.39 is 0 Å². The van der Waals surface area contributed by atoms with Gasteiger partial charge >= 0.3 is 0 Å². The first-order chi connectivity index (χ1) is 6.65. The maximum absolute atomic E-state index is 8.66. The van der Waals surface area contributed by atoms with E-state index in [2.05, 4.69) is 0 Å². The standard InChI is InChI=1S/C11H17NO2/c1-8-3-4-11(14-6-5-13)10(7-8)9(2)12/h3-4,7,9,13H,5-6,12H2,1-2H3/t9-/m0/s1. The minimum atomic E-state index is -0.0522. The van der Waals surface area contributed by atoms with E-state index in [1.807, 2.05) is 32.0 Å². The fraction of sp³-hybridized carbons (Fsp3) is 0.455. The molecule has 3 heteroatoms. The van der Waals surface area contributed by atoms with Crippen molar-refractivity contribution in [1.29, 1.82) is 0 Å². The highest BCUT2D eigenvalue weighted by atomic mass is 16.5. The molecule has 1 rings (SSSR count). The second-order valence-corrected chi connectivity index (χ2v) is 3.40. The average molecular weight is 195 g/mol. The van der Waals surface area contributed by atoms with Gasteiger partial charge in [0.15, 0.2) is 0 Å². The number of aliphatic hydroxyl groups excluding tert-OH is 1. The van der Waals surface area contributed by atoms with Crippen LogP contribution in [-0.4, -0.2) is 18.3 Å². The van der Waals surface area contributed by atoms with Gasteiger partial charge in [0, 0.05) is 11.6 Å². The van der Waals surface area contributed by atoms with Gasteiger partial charge in [0.05, 0.1) is 6.61 Å². The Morgan fingerprint density at radius 2 is 2.21 bits per heavy atom. The van der Waals surface area contributed by atoms with E-state index in [0.29, 0.717) is 6.61 Å². The van der Waals surface area contributed by atoms with E-state index >= 15 is 0 Å². The summed E-state index contributed by atoms with van der Waals surface area (Å²) in [4.78, 5) is 0. The van der Waals surface area contributed by atoms with Gasteiger partial charge in [-0.15, -0.1) is 0 Å². The topological polar surface area (TPSA) is 55.5 Å². The first-order valence-corrected chi connectivity index (χ1v) is 4.75. The van der Waals surface area contributed by atoms with Crippen molar-refractivity contribution in [3.8, 4) is 5.75 Å². The molecule has 0 fully saturated rings. The van der Waals surface area contributed by atoms with Crippen molar-refractivity contribution >= 4 is 0 Å². The van der Waals surface area contributed by atoms with Crippen LogP contribution in [0.15, 0.2) is 18.2 Å². The van der Waals surface area contributed by atoms with Crippen LogP contribution in [0.5, 0.6) is 5.75 Å². The summed E-state index contributed by atoms with van der Waals surface area (Å²) in [5.74, 6) is 0.764. The van der Waals surface area contributed by atoms with Gasteiger partial charge in [-0.3, -0.25) is 0 Å². The molecule has 0 heterocycles. The molecule has 0 spiro atoms. The number of aryl methyl sites for hydroxylation is 1. The first-order valence-electron chi connectivity index (χ1n) is 4.75. The number of benzene rings is 1. The first kappa shape index (κ1) is 11.0. The van der Waals surface area contributed by atoms with Crippen molar-refractivity contribution in [3.05, 3.63) is 29.3 Å². The molecule has 1 atom stereocenters. The van der Waals surface area contributed by atoms with Crippen molar-refractivity contribution in [2.45, 2.75) is 19.9 Å². The third kappa shape index (κ3) is 2.72. The third-order valence-corrected chi connectivity index (χ3v) is 2.00. The monoisotopic (exact) mass is 195 g/mol. The molecule has 3 nitrogen and oxygen atoms in total. The van der Waals surface area contributed by atoms with Crippen LogP contribution in [0, 0.1) is 6.92 Å². The normalized spacial score (nSPS) is 12.6. The summed E-state index contributed by atoms with van der Waals surface area (Å²) in [7, 11) is 0. The van der Waals surface area contributed by atoms with Crippen LogP contribution in [0.25, 0.3) is 0 Å². The van der Waals surface area contributed by atoms with Crippen molar-refractivity contribution in [3.63, 3.8) is 0 Å². The third-order valence-electron chi connectivity index (χ3n) is 2.00. The molecule has 0 radical (unpaired) electrons. The summed E-state index contributed by atoms with van der Waals surface area (Å²) in [6.45, 7) is 4.26. The van der Waals surface area contributed by atoms with Gasteiger partial charge in [-0.1, -0.05) is 17.7 Å². The SMILES string of the molecule is Cc1ccc(OCCO)c([C@H](C)N)c1. The lowest BCUT2D eigenvalue weighted by molar-refractivity contribution is 0.200. The number of ether oxygens (including phenoxy) is 1. The lowest BCUT2D eigenvalue weighted by atomic mass is 10.1. The highest BCUT2D eigenvalue weighted by Gasteiger charge is 2.07. The zero-order chi connectivity index (χ0) is 10.6. The number of hydrogen-bond acceptors (Lipinski definition) is 3. The van der Waals surface area contributed by atoms with E-state index in [-0.39, 0.29) is 12.6 Å². The number of hydrogen-bond donors (Lipinski definition) is 2. The highest BCUT2D eigenvalue weighted by Crippen LogP contribution is 2.24. The highest BCUT2D eigenvalue weighted by molar-refractivity contribution is 5.38. The molecule has 0 saturated carbocycles. The van der Waals surface area contributed by atoms with Gasteiger partial charge in [-0.25, -0.2) is 0 Å². The molecule has 0 amide bonds. The summed E-state index contributed by atoms with van der Waals surface area (Å²) < 4.78 is 5.37. The maximum atomic E-state index is 8.66. The van der Waals surface area contributed by atoms with Crippen LogP contribution < -0.4 is 10.5 Å². The lowest BCUT2D eigenvalue weighted by Gasteiger charge is -2.14. The lowest BCUT2D eigenvalue weighted by Crippen LogP contribution is -2.10. The Balaban J connectivity index is 2.90. The molecular formula is C11H17NO2. The molecule has 0 aliphatic rings. The predicted molar refractivity (Wildman–Crippen MR) is 56.4 cm³/mol. The van der Waals surface area contributed by atoms with E-state index in [9.17, 15) is 0 Å². The maximum Gasteiger partial charge on any atom is 0.124 e. The molecule has 0 aliphatic carbocycles. The fourth-order valence-corrected chi connectivity index (χ4v) is 1.31. The smallest absolute Gasteiger partial charge is 0.124 e. The molecule has 1 aromatic carbocycles. The summed E-state index contributed by atoms with van der Waals surface area (Å²) in [5.41, 5.74) is 7.96. The zero-order valence-corrected chi connectivity index (χ0v) is 8.66. The quantitative estimate of drug-likeness (QED) is 0.763. The Hall–Kier alpha value is -1.06. The van der Waals surface area contributed by atoms with Gasteiger partial charge in [-0.05, 0) is 19.9 Å². The van der Waals surface area contributed by atoms with E-state index in [0.717, 1.165) is 16.9 Å². The summed E-state index contributed by atoms with van der Waals surface area (Å²) in [5, 5.41) is 8.66. The van der Waals surface area contributed by atoms with Crippen LogP contribution >= 0.6 is 0 Å². The van der Waals surface area contributed by atoms with Gasteiger partial charge in [-0.2, -0.15) is 0 Å². The molecule has 0 aromatic heterocycles. The second kappa shape index (κ2) is 4.98. The summed E-state index contributed by atoms with van der Waals surface area (Å²) in [6.07, 6.45) is 0. The summed E-state index contributed by atoms with van der Waals surface area (Å²) in [6, 6.07) is 5.82. The largest absolute Gasteiger partial charge is 0.491 e. The van der Waals surface area contributed by atoms with Crippen molar-refractivity contribution in [2.24, 2.45) is 5.73 Å². The van der Waals surface area contributed by atoms with Gasteiger partial charge in [0.1, 0.15) is 12.4 Å². The second-order valence-electron chi connectivity index (χ2n) is 3.40. The van der Waals surface area contributed by atoms with Crippen LogP contribution in [0.4, 0.5) is 0 Å². The zero-order valence-electron chi connectivity index (χ0n) is 8.66. The molecule has 14 heavy (non-hydrogen) atoms. The van der Waals surface area contributed by atoms with Crippen LogP contribution in [0.1, 0.15) is 24.1 Å². The molecule has 0 saturated heterocycles. The van der Waals surface area contributed by atoms with Crippen LogP contribution in [0.2, 0.25) is 0 Å². The van der Waals surface area contributed by atoms with E-state index in [1.165, 1.54) is 0 Å². The number of aliphatic hydroxyl groups is 1. The van der Waals surface area contributed by atoms with Gasteiger partial charge < -0.3 is 15.6 Å². The average Bonchev–Trinajstić information content (AvgIpc) is 2.15. The molecule has 0 bridgehead atoms. The molecule has 78 valence electrons.